The summed E-state index contributed by atoms with van der Waals surface area (Å²) in [5.41, 5.74) is 3.40. The van der Waals surface area contributed by atoms with Gasteiger partial charge in [-0.15, -0.1) is 0 Å². The molecule has 4 atom stereocenters. The smallest absolute Gasteiger partial charge is 0.172 e. The molecule has 23 heavy (non-hydrogen) atoms. The number of ketones is 1. The molecule has 5 rings (SSSR count). The van der Waals surface area contributed by atoms with E-state index in [1.807, 2.05) is 0 Å². The van der Waals surface area contributed by atoms with Crippen LogP contribution in [0.3, 0.4) is 0 Å². The fourth-order valence-corrected chi connectivity index (χ4v) is 6.70. The van der Waals surface area contributed by atoms with Crippen LogP contribution in [0.25, 0.3) is 0 Å². The number of Topliss-reactive ketones (excluding diaryl/α,β-unsaturated/α-hetero) is 1. The molecule has 3 nitrogen and oxygen atoms in total. The van der Waals surface area contributed by atoms with Gasteiger partial charge in [-0.2, -0.15) is 0 Å². The van der Waals surface area contributed by atoms with Crippen molar-refractivity contribution in [2.75, 3.05) is 13.2 Å². The summed E-state index contributed by atoms with van der Waals surface area (Å²) < 4.78 is 11.9. The van der Waals surface area contributed by atoms with E-state index in [9.17, 15) is 4.79 Å². The van der Waals surface area contributed by atoms with Crippen LogP contribution in [-0.4, -0.2) is 24.8 Å². The predicted molar refractivity (Wildman–Crippen MR) is 86.8 cm³/mol. The second-order valence-corrected chi connectivity index (χ2v) is 8.75. The third-order valence-electron chi connectivity index (χ3n) is 7.90. The Bertz CT molecular complexity index is 571. The molecule has 0 aromatic rings. The third-order valence-corrected chi connectivity index (χ3v) is 7.90. The first kappa shape index (κ1) is 14.7. The summed E-state index contributed by atoms with van der Waals surface area (Å²) >= 11 is 0. The van der Waals surface area contributed by atoms with Crippen molar-refractivity contribution in [3.05, 3.63) is 11.1 Å². The zero-order valence-electron chi connectivity index (χ0n) is 14.2. The van der Waals surface area contributed by atoms with Crippen molar-refractivity contribution in [2.24, 2.45) is 23.2 Å². The Morgan fingerprint density at radius 3 is 2.65 bits per heavy atom. The van der Waals surface area contributed by atoms with Crippen LogP contribution in [0.1, 0.15) is 64.7 Å². The SMILES string of the molecule is C[C@@]12CCC3C4=C(CCC3C1CCC2=O)CC1(CC4)OCCO1. The summed E-state index contributed by atoms with van der Waals surface area (Å²) in [5, 5.41) is 0. The highest BCUT2D eigenvalue weighted by atomic mass is 16.7. The number of fused-ring (bicyclic) bond motifs is 4. The summed E-state index contributed by atoms with van der Waals surface area (Å²) in [5.74, 6) is 2.44. The van der Waals surface area contributed by atoms with E-state index < -0.39 is 0 Å². The molecule has 126 valence electrons. The lowest BCUT2D eigenvalue weighted by atomic mass is 9.54. The Balaban J connectivity index is 1.43. The van der Waals surface area contributed by atoms with Crippen LogP contribution in [0.2, 0.25) is 0 Å². The molecule has 1 spiro atoms. The van der Waals surface area contributed by atoms with Gasteiger partial charge in [-0.1, -0.05) is 18.1 Å². The topological polar surface area (TPSA) is 35.5 Å². The first-order valence-corrected chi connectivity index (χ1v) is 9.63. The summed E-state index contributed by atoms with van der Waals surface area (Å²) in [7, 11) is 0. The molecule has 0 bridgehead atoms. The largest absolute Gasteiger partial charge is 0.347 e. The molecule has 1 aliphatic heterocycles. The average molecular weight is 316 g/mol. The van der Waals surface area contributed by atoms with Crippen molar-refractivity contribution >= 4 is 5.78 Å². The number of hydrogen-bond acceptors (Lipinski definition) is 3. The van der Waals surface area contributed by atoms with Crippen molar-refractivity contribution in [2.45, 2.75) is 70.5 Å². The van der Waals surface area contributed by atoms with Gasteiger partial charge < -0.3 is 9.47 Å². The van der Waals surface area contributed by atoms with Crippen LogP contribution >= 0.6 is 0 Å². The number of carbonyl (C=O) groups excluding carboxylic acids is 1. The van der Waals surface area contributed by atoms with Crippen LogP contribution < -0.4 is 0 Å². The average Bonchev–Trinajstić information content (AvgIpc) is 3.12. The lowest BCUT2D eigenvalue weighted by Crippen LogP contribution is -2.45. The quantitative estimate of drug-likeness (QED) is 0.633. The molecule has 0 radical (unpaired) electrons. The number of carbonyl (C=O) groups is 1. The van der Waals surface area contributed by atoms with Crippen LogP contribution in [0.5, 0.6) is 0 Å². The van der Waals surface area contributed by atoms with E-state index in [-0.39, 0.29) is 11.2 Å². The molecule has 3 heteroatoms. The Hall–Kier alpha value is -0.670. The molecular formula is C20H28O3. The number of rotatable bonds is 0. The molecule has 3 fully saturated rings. The zero-order valence-corrected chi connectivity index (χ0v) is 14.2. The molecule has 2 saturated carbocycles. The summed E-state index contributed by atoms with van der Waals surface area (Å²) in [6.45, 7) is 3.79. The molecular weight excluding hydrogens is 288 g/mol. The molecule has 5 aliphatic rings. The first-order valence-electron chi connectivity index (χ1n) is 9.63. The van der Waals surface area contributed by atoms with Crippen molar-refractivity contribution in [3.8, 4) is 0 Å². The fourth-order valence-electron chi connectivity index (χ4n) is 6.70. The van der Waals surface area contributed by atoms with E-state index in [0.29, 0.717) is 11.7 Å². The maximum absolute atomic E-state index is 12.4. The molecule has 3 unspecified atom stereocenters. The summed E-state index contributed by atoms with van der Waals surface area (Å²) in [4.78, 5) is 12.4. The standard InChI is InChI=1S/C20H28O3/c1-19-8-6-15-14-7-9-20(22-10-11-23-20)12-13(14)2-3-16(15)17(19)4-5-18(19)21/h15-17H,2-12H2,1H3/t15?,16?,17?,19-/m1/s1. The van der Waals surface area contributed by atoms with E-state index in [4.69, 9.17) is 9.47 Å². The minimum absolute atomic E-state index is 0.00674. The first-order chi connectivity index (χ1) is 11.1. The maximum atomic E-state index is 12.4. The van der Waals surface area contributed by atoms with E-state index >= 15 is 0 Å². The molecule has 0 amide bonds. The van der Waals surface area contributed by atoms with Crippen LogP contribution in [0.15, 0.2) is 11.1 Å². The molecule has 0 aromatic carbocycles. The van der Waals surface area contributed by atoms with E-state index in [2.05, 4.69) is 6.92 Å². The predicted octanol–water partition coefficient (Wildman–Crippen LogP) is 4.02. The van der Waals surface area contributed by atoms with Crippen molar-refractivity contribution in [3.63, 3.8) is 0 Å². The van der Waals surface area contributed by atoms with E-state index in [1.165, 1.54) is 19.3 Å². The number of ether oxygens (including phenoxy) is 2. The zero-order chi connectivity index (χ0) is 15.7. The Morgan fingerprint density at radius 1 is 1.00 bits per heavy atom. The number of allylic oxidation sites excluding steroid dienone is 1. The van der Waals surface area contributed by atoms with Gasteiger partial charge in [0, 0.05) is 24.7 Å². The Morgan fingerprint density at radius 2 is 1.83 bits per heavy atom. The highest BCUT2D eigenvalue weighted by Crippen LogP contribution is 2.60. The van der Waals surface area contributed by atoms with Gasteiger partial charge in [0.1, 0.15) is 5.78 Å². The van der Waals surface area contributed by atoms with Crippen LogP contribution in [-0.2, 0) is 14.3 Å². The van der Waals surface area contributed by atoms with E-state index in [1.54, 1.807) is 11.1 Å². The third kappa shape index (κ3) is 1.99. The highest BCUT2D eigenvalue weighted by molar-refractivity contribution is 5.87. The molecule has 0 aromatic heterocycles. The van der Waals surface area contributed by atoms with Gasteiger partial charge in [0.05, 0.1) is 13.2 Å². The van der Waals surface area contributed by atoms with Crippen molar-refractivity contribution in [1.82, 2.24) is 0 Å². The van der Waals surface area contributed by atoms with Crippen LogP contribution in [0.4, 0.5) is 0 Å². The minimum atomic E-state index is -0.280. The number of hydrogen-bond donors (Lipinski definition) is 0. The molecule has 0 N–H and O–H groups in total. The Kier molecular flexibility index (Phi) is 3.13. The van der Waals surface area contributed by atoms with Crippen molar-refractivity contribution < 1.29 is 14.3 Å². The van der Waals surface area contributed by atoms with Gasteiger partial charge in [0.25, 0.3) is 0 Å². The summed E-state index contributed by atoms with van der Waals surface area (Å²) in [6.07, 6.45) is 10.0. The molecule has 1 saturated heterocycles. The second-order valence-electron chi connectivity index (χ2n) is 8.75. The molecule has 4 aliphatic carbocycles. The second kappa shape index (κ2) is 4.92. The van der Waals surface area contributed by atoms with Gasteiger partial charge in [0.15, 0.2) is 5.79 Å². The maximum Gasteiger partial charge on any atom is 0.172 e. The monoisotopic (exact) mass is 316 g/mol. The normalized spacial score (nSPS) is 45.1. The lowest BCUT2D eigenvalue weighted by molar-refractivity contribution is -0.165. The molecule has 1 heterocycles. The van der Waals surface area contributed by atoms with Crippen LogP contribution in [0, 0.1) is 23.2 Å². The minimum Gasteiger partial charge on any atom is -0.347 e. The highest BCUT2D eigenvalue weighted by Gasteiger charge is 2.55. The van der Waals surface area contributed by atoms with Crippen molar-refractivity contribution in [1.29, 1.82) is 0 Å². The fraction of sp³-hybridized carbons (Fsp3) is 0.850. The van der Waals surface area contributed by atoms with E-state index in [0.717, 1.165) is 63.6 Å². The van der Waals surface area contributed by atoms with Gasteiger partial charge in [0.2, 0.25) is 0 Å². The van der Waals surface area contributed by atoms with Gasteiger partial charge in [-0.05, 0) is 56.3 Å². The van der Waals surface area contributed by atoms with Gasteiger partial charge >= 0.3 is 0 Å². The lowest BCUT2D eigenvalue weighted by Gasteiger charge is -2.51. The van der Waals surface area contributed by atoms with Gasteiger partial charge in [-0.25, -0.2) is 0 Å². The summed E-state index contributed by atoms with van der Waals surface area (Å²) in [6, 6.07) is 0. The van der Waals surface area contributed by atoms with Gasteiger partial charge in [-0.3, -0.25) is 4.79 Å². The Labute approximate surface area is 138 Å².